The van der Waals surface area contributed by atoms with Crippen LogP contribution in [0.25, 0.3) is 0 Å². The van der Waals surface area contributed by atoms with Crippen molar-refractivity contribution in [2.24, 2.45) is 10.8 Å². The highest BCUT2D eigenvalue weighted by molar-refractivity contribution is 6.58. The molecule has 0 bridgehead atoms. The van der Waals surface area contributed by atoms with E-state index in [1.807, 2.05) is 0 Å². The molecule has 1 N–H and O–H groups in total. The second-order valence-corrected chi connectivity index (χ2v) is 10.2. The topological polar surface area (TPSA) is 12.0 Å². The van der Waals surface area contributed by atoms with Crippen molar-refractivity contribution in [1.82, 2.24) is 5.32 Å². The van der Waals surface area contributed by atoms with Gasteiger partial charge in [0.15, 0.2) is 0 Å². The Labute approximate surface area is 131 Å². The molecule has 0 aromatic heterocycles. The Kier molecular flexibility index (Phi) is 3.13. The van der Waals surface area contributed by atoms with Gasteiger partial charge < -0.3 is 5.32 Å². The first-order valence-electron chi connectivity index (χ1n) is 7.95. The van der Waals surface area contributed by atoms with E-state index in [4.69, 9.17) is 0 Å². The van der Waals surface area contributed by atoms with Crippen molar-refractivity contribution in [3.63, 3.8) is 0 Å². The highest BCUT2D eigenvalue weighted by Gasteiger charge is 2.77. The molecule has 0 unspecified atom stereocenters. The van der Waals surface area contributed by atoms with Crippen molar-refractivity contribution in [3.05, 3.63) is 54.6 Å². The molecule has 112 valence electrons. The fourth-order valence-corrected chi connectivity index (χ4v) is 7.51. The van der Waals surface area contributed by atoms with Crippen molar-refractivity contribution in [2.45, 2.75) is 45.3 Å². The van der Waals surface area contributed by atoms with Gasteiger partial charge in [-0.1, -0.05) is 87.5 Å². The number of allylic oxidation sites excluding steroid dienone is 2. The Morgan fingerprint density at radius 3 is 1.81 bits per heavy atom. The number of benzene rings is 1. The number of hydrogen-bond acceptors (Lipinski definition) is 1. The molecule has 0 radical (unpaired) electrons. The predicted octanol–water partition coefficient (Wildman–Crippen LogP) is 2.72. The van der Waals surface area contributed by atoms with Crippen LogP contribution in [0, 0.1) is 10.8 Å². The van der Waals surface area contributed by atoms with Gasteiger partial charge in [-0.25, -0.2) is 0 Å². The van der Waals surface area contributed by atoms with Crippen LogP contribution in [0.5, 0.6) is 0 Å². The minimum atomic E-state index is -0.430. The number of hydrogen-bond donors (Lipinski definition) is 1. The Hall–Kier alpha value is -1.12. The molecule has 2 aliphatic carbocycles. The summed E-state index contributed by atoms with van der Waals surface area (Å²) in [5.74, 6) is 0. The average Bonchev–Trinajstić information content (AvgIpc) is 2.77. The lowest BCUT2D eigenvalue weighted by molar-refractivity contribution is 0.424. The maximum atomic E-state index is 4.06. The SMILES string of the molecule is CC1(NC2([SiH2]c3ccccc3)C(C)(C)C2(C)C)C=CC=C1. The van der Waals surface area contributed by atoms with E-state index in [1.165, 1.54) is 0 Å². The Bertz CT molecular complexity index is 569. The van der Waals surface area contributed by atoms with E-state index < -0.39 is 9.52 Å². The molecule has 1 fully saturated rings. The van der Waals surface area contributed by atoms with Gasteiger partial charge in [0, 0.05) is 5.16 Å². The molecule has 0 aliphatic heterocycles. The lowest BCUT2D eigenvalue weighted by Crippen LogP contribution is -2.56. The van der Waals surface area contributed by atoms with Crippen LogP contribution in [0.2, 0.25) is 0 Å². The molecule has 1 nitrogen and oxygen atoms in total. The summed E-state index contributed by atoms with van der Waals surface area (Å²) < 4.78 is 0. The van der Waals surface area contributed by atoms with Crippen LogP contribution in [0.3, 0.4) is 0 Å². The molecular formula is C19H27NSi. The molecular weight excluding hydrogens is 270 g/mol. The third-order valence-corrected chi connectivity index (χ3v) is 9.78. The van der Waals surface area contributed by atoms with Gasteiger partial charge in [0.1, 0.15) is 0 Å². The quantitative estimate of drug-likeness (QED) is 0.843. The van der Waals surface area contributed by atoms with Crippen LogP contribution in [0.15, 0.2) is 54.6 Å². The molecule has 0 atom stereocenters. The molecule has 1 saturated carbocycles. The molecule has 2 aliphatic rings. The predicted molar refractivity (Wildman–Crippen MR) is 94.7 cm³/mol. The molecule has 0 heterocycles. The number of nitrogens with one attached hydrogen (secondary N) is 1. The maximum Gasteiger partial charge on any atom is 0.0793 e. The van der Waals surface area contributed by atoms with Gasteiger partial charge >= 0.3 is 0 Å². The Balaban J connectivity index is 1.95. The lowest BCUT2D eigenvalue weighted by atomic mass is 10.0. The fraction of sp³-hybridized carbons (Fsp3) is 0.474. The van der Waals surface area contributed by atoms with Crippen LogP contribution in [-0.2, 0) is 0 Å². The Morgan fingerprint density at radius 2 is 1.33 bits per heavy atom. The van der Waals surface area contributed by atoms with E-state index in [1.54, 1.807) is 5.19 Å². The summed E-state index contributed by atoms with van der Waals surface area (Å²) in [6.07, 6.45) is 8.90. The van der Waals surface area contributed by atoms with Crippen LogP contribution < -0.4 is 10.5 Å². The molecule has 0 saturated heterocycles. The summed E-state index contributed by atoms with van der Waals surface area (Å²) in [4.78, 5) is 0. The third kappa shape index (κ3) is 2.00. The van der Waals surface area contributed by atoms with Crippen molar-refractivity contribution in [2.75, 3.05) is 0 Å². The van der Waals surface area contributed by atoms with E-state index in [-0.39, 0.29) is 10.7 Å². The molecule has 1 aromatic rings. The van der Waals surface area contributed by atoms with E-state index in [2.05, 4.69) is 94.6 Å². The van der Waals surface area contributed by atoms with Gasteiger partial charge in [0.25, 0.3) is 0 Å². The standard InChI is InChI=1S/C19H27NSi/c1-16(2)17(3,4)19(16,20-18(5)13-9-10-14-18)21-15-11-7-6-8-12-15/h6-14,20H,21H2,1-5H3. The lowest BCUT2D eigenvalue weighted by Gasteiger charge is -2.33. The first-order valence-corrected chi connectivity index (χ1v) is 9.36. The van der Waals surface area contributed by atoms with Gasteiger partial charge in [0.2, 0.25) is 0 Å². The van der Waals surface area contributed by atoms with Gasteiger partial charge in [-0.05, 0) is 17.8 Å². The zero-order valence-electron chi connectivity index (χ0n) is 13.9. The molecule has 21 heavy (non-hydrogen) atoms. The number of rotatable bonds is 4. The Morgan fingerprint density at radius 1 is 0.810 bits per heavy atom. The summed E-state index contributed by atoms with van der Waals surface area (Å²) in [6.45, 7) is 12.0. The fourth-order valence-electron chi connectivity index (χ4n) is 4.24. The van der Waals surface area contributed by atoms with Gasteiger partial charge in [-0.3, -0.25) is 0 Å². The van der Waals surface area contributed by atoms with Crippen molar-refractivity contribution in [3.8, 4) is 0 Å². The summed E-state index contributed by atoms with van der Waals surface area (Å²) in [6, 6.07) is 11.1. The zero-order chi connectivity index (χ0) is 15.4. The highest BCUT2D eigenvalue weighted by atomic mass is 28.2. The van der Waals surface area contributed by atoms with E-state index in [9.17, 15) is 0 Å². The first-order chi connectivity index (χ1) is 9.74. The average molecular weight is 298 g/mol. The van der Waals surface area contributed by atoms with Gasteiger partial charge in [-0.15, -0.1) is 0 Å². The second-order valence-electron chi connectivity index (χ2n) is 7.94. The second kappa shape index (κ2) is 4.44. The summed E-state index contributed by atoms with van der Waals surface area (Å²) in [5.41, 5.74) is 0.664. The normalized spacial score (nSPS) is 26.5. The van der Waals surface area contributed by atoms with Gasteiger partial charge in [0.05, 0.1) is 15.1 Å². The molecule has 0 amide bonds. The van der Waals surface area contributed by atoms with Gasteiger partial charge in [-0.2, -0.15) is 0 Å². The van der Waals surface area contributed by atoms with Crippen LogP contribution >= 0.6 is 0 Å². The largest absolute Gasteiger partial charge is 0.301 e. The summed E-state index contributed by atoms with van der Waals surface area (Å²) in [7, 11) is -0.430. The minimum absolute atomic E-state index is 0.00677. The molecule has 0 spiro atoms. The summed E-state index contributed by atoms with van der Waals surface area (Å²) in [5, 5.41) is 5.87. The summed E-state index contributed by atoms with van der Waals surface area (Å²) >= 11 is 0. The van der Waals surface area contributed by atoms with Crippen molar-refractivity contribution >= 4 is 14.7 Å². The molecule has 1 aromatic carbocycles. The molecule has 3 rings (SSSR count). The van der Waals surface area contributed by atoms with E-state index >= 15 is 0 Å². The minimum Gasteiger partial charge on any atom is -0.301 e. The van der Waals surface area contributed by atoms with Crippen molar-refractivity contribution in [1.29, 1.82) is 0 Å². The maximum absolute atomic E-state index is 4.06. The van der Waals surface area contributed by atoms with Crippen LogP contribution in [-0.4, -0.2) is 20.2 Å². The zero-order valence-corrected chi connectivity index (χ0v) is 15.3. The first kappa shape index (κ1) is 14.8. The molecule has 2 heteroatoms. The smallest absolute Gasteiger partial charge is 0.0793 e. The third-order valence-electron chi connectivity index (χ3n) is 6.42. The van der Waals surface area contributed by atoms with Crippen LogP contribution in [0.4, 0.5) is 0 Å². The van der Waals surface area contributed by atoms with Crippen LogP contribution in [0.1, 0.15) is 34.6 Å². The van der Waals surface area contributed by atoms with Crippen molar-refractivity contribution < 1.29 is 0 Å². The monoisotopic (exact) mass is 297 g/mol. The van der Waals surface area contributed by atoms with E-state index in [0.29, 0.717) is 10.8 Å². The van der Waals surface area contributed by atoms with E-state index in [0.717, 1.165) is 0 Å². The highest BCUT2D eigenvalue weighted by Crippen LogP contribution is 2.71.